The predicted molar refractivity (Wildman–Crippen MR) is 78.9 cm³/mol. The minimum atomic E-state index is 0.688. The zero-order chi connectivity index (χ0) is 12.8. The second-order valence-corrected chi connectivity index (χ2v) is 6.68. The highest BCUT2D eigenvalue weighted by atomic mass is 15.1. The summed E-state index contributed by atoms with van der Waals surface area (Å²) in [4.78, 5) is 2.58. The van der Waals surface area contributed by atoms with Gasteiger partial charge >= 0.3 is 0 Å². The first-order valence-electron chi connectivity index (χ1n) is 8.19. The first-order chi connectivity index (χ1) is 8.75. The van der Waals surface area contributed by atoms with Crippen LogP contribution < -0.4 is 5.32 Å². The van der Waals surface area contributed by atoms with Crippen LogP contribution in [-0.2, 0) is 0 Å². The fourth-order valence-corrected chi connectivity index (χ4v) is 3.58. The molecule has 0 saturated heterocycles. The first-order valence-corrected chi connectivity index (χ1v) is 8.19. The van der Waals surface area contributed by atoms with Gasteiger partial charge in [0, 0.05) is 25.2 Å². The molecule has 1 N–H and O–H groups in total. The lowest BCUT2D eigenvalue weighted by Gasteiger charge is -2.30. The Kier molecular flexibility index (Phi) is 5.97. The monoisotopic (exact) mass is 252 g/mol. The minimum absolute atomic E-state index is 0.688. The average Bonchev–Trinajstić information content (AvgIpc) is 2.90. The standard InChI is InChI=1S/C16H32N2/c1-14(12-17-16-10-4-3-5-11-16)18(2)13-15-8-6-7-9-15/h14-17H,3-13H2,1-2H3. The van der Waals surface area contributed by atoms with Gasteiger partial charge in [-0.05, 0) is 45.6 Å². The zero-order valence-corrected chi connectivity index (χ0v) is 12.5. The number of hydrogen-bond donors (Lipinski definition) is 1. The zero-order valence-electron chi connectivity index (χ0n) is 12.5. The van der Waals surface area contributed by atoms with Gasteiger partial charge in [0.25, 0.3) is 0 Å². The average molecular weight is 252 g/mol. The summed E-state index contributed by atoms with van der Waals surface area (Å²) < 4.78 is 0. The third-order valence-electron chi connectivity index (χ3n) is 5.08. The van der Waals surface area contributed by atoms with E-state index < -0.39 is 0 Å². The SMILES string of the molecule is CC(CNC1CCCCC1)N(C)CC1CCCC1. The maximum absolute atomic E-state index is 3.79. The molecule has 0 bridgehead atoms. The summed E-state index contributed by atoms with van der Waals surface area (Å²) in [7, 11) is 2.31. The van der Waals surface area contributed by atoms with Crippen LogP contribution >= 0.6 is 0 Å². The van der Waals surface area contributed by atoms with Crippen LogP contribution in [0.5, 0.6) is 0 Å². The highest BCUT2D eigenvalue weighted by Crippen LogP contribution is 2.25. The van der Waals surface area contributed by atoms with E-state index in [1.165, 1.54) is 70.9 Å². The lowest BCUT2D eigenvalue weighted by atomic mass is 9.95. The van der Waals surface area contributed by atoms with Crippen LogP contribution in [0.3, 0.4) is 0 Å². The highest BCUT2D eigenvalue weighted by molar-refractivity contribution is 4.77. The van der Waals surface area contributed by atoms with Crippen LogP contribution in [0.4, 0.5) is 0 Å². The van der Waals surface area contributed by atoms with Crippen LogP contribution in [0, 0.1) is 5.92 Å². The Hall–Kier alpha value is -0.0800. The molecule has 2 heteroatoms. The van der Waals surface area contributed by atoms with Gasteiger partial charge in [-0.2, -0.15) is 0 Å². The number of nitrogens with one attached hydrogen (secondary N) is 1. The van der Waals surface area contributed by atoms with Crippen LogP contribution in [0.2, 0.25) is 0 Å². The van der Waals surface area contributed by atoms with Gasteiger partial charge in [-0.1, -0.05) is 32.1 Å². The van der Waals surface area contributed by atoms with E-state index in [4.69, 9.17) is 0 Å². The van der Waals surface area contributed by atoms with Crippen LogP contribution in [0.25, 0.3) is 0 Å². The summed E-state index contributed by atoms with van der Waals surface area (Å²) in [6.45, 7) is 4.87. The lowest BCUT2D eigenvalue weighted by Crippen LogP contribution is -2.43. The van der Waals surface area contributed by atoms with Crippen molar-refractivity contribution >= 4 is 0 Å². The largest absolute Gasteiger partial charge is 0.312 e. The Bertz CT molecular complexity index is 217. The fraction of sp³-hybridized carbons (Fsp3) is 1.00. The van der Waals surface area contributed by atoms with Gasteiger partial charge in [-0.15, -0.1) is 0 Å². The molecular formula is C16H32N2. The molecule has 1 atom stereocenters. The van der Waals surface area contributed by atoms with Crippen molar-refractivity contribution in [2.24, 2.45) is 5.92 Å². The van der Waals surface area contributed by atoms with Gasteiger partial charge in [0.05, 0.1) is 0 Å². The molecule has 18 heavy (non-hydrogen) atoms. The summed E-state index contributed by atoms with van der Waals surface area (Å²) in [5, 5.41) is 3.79. The van der Waals surface area contributed by atoms with E-state index in [1.807, 2.05) is 0 Å². The van der Waals surface area contributed by atoms with Crippen molar-refractivity contribution < 1.29 is 0 Å². The van der Waals surface area contributed by atoms with Crippen molar-refractivity contribution in [1.29, 1.82) is 0 Å². The number of likely N-dealkylation sites (N-methyl/N-ethyl adjacent to an activating group) is 1. The second kappa shape index (κ2) is 7.49. The molecule has 2 saturated carbocycles. The van der Waals surface area contributed by atoms with E-state index in [2.05, 4.69) is 24.2 Å². The van der Waals surface area contributed by atoms with Crippen molar-refractivity contribution in [1.82, 2.24) is 10.2 Å². The molecule has 0 aromatic carbocycles. The Morgan fingerprint density at radius 2 is 1.61 bits per heavy atom. The summed E-state index contributed by atoms with van der Waals surface area (Å²) >= 11 is 0. The van der Waals surface area contributed by atoms with Gasteiger partial charge in [0.2, 0.25) is 0 Å². The number of rotatable bonds is 6. The quantitative estimate of drug-likeness (QED) is 0.779. The summed E-state index contributed by atoms with van der Waals surface area (Å²) in [6.07, 6.45) is 13.0. The molecule has 2 fully saturated rings. The molecule has 0 aromatic heterocycles. The van der Waals surface area contributed by atoms with E-state index in [0.717, 1.165) is 12.0 Å². The van der Waals surface area contributed by atoms with E-state index in [-0.39, 0.29) is 0 Å². The summed E-state index contributed by atoms with van der Waals surface area (Å²) in [6, 6.07) is 1.49. The third-order valence-corrected chi connectivity index (χ3v) is 5.08. The molecule has 0 radical (unpaired) electrons. The molecule has 2 rings (SSSR count). The molecule has 106 valence electrons. The molecule has 0 spiro atoms. The molecule has 0 heterocycles. The molecule has 2 nitrogen and oxygen atoms in total. The summed E-state index contributed by atoms with van der Waals surface area (Å²) in [5.74, 6) is 0.979. The van der Waals surface area contributed by atoms with Crippen LogP contribution in [0.15, 0.2) is 0 Å². The van der Waals surface area contributed by atoms with Crippen molar-refractivity contribution in [3.8, 4) is 0 Å². The molecule has 2 aliphatic carbocycles. The maximum Gasteiger partial charge on any atom is 0.0189 e. The van der Waals surface area contributed by atoms with Gasteiger partial charge < -0.3 is 10.2 Å². The van der Waals surface area contributed by atoms with Crippen molar-refractivity contribution in [3.63, 3.8) is 0 Å². The van der Waals surface area contributed by atoms with Gasteiger partial charge in [-0.3, -0.25) is 0 Å². The Morgan fingerprint density at radius 1 is 1.00 bits per heavy atom. The molecule has 1 unspecified atom stereocenters. The van der Waals surface area contributed by atoms with E-state index >= 15 is 0 Å². The van der Waals surface area contributed by atoms with Gasteiger partial charge in [0.15, 0.2) is 0 Å². The lowest BCUT2D eigenvalue weighted by molar-refractivity contribution is 0.206. The van der Waals surface area contributed by atoms with Gasteiger partial charge in [0.1, 0.15) is 0 Å². The minimum Gasteiger partial charge on any atom is -0.312 e. The van der Waals surface area contributed by atoms with E-state index in [1.54, 1.807) is 0 Å². The number of nitrogens with zero attached hydrogens (tertiary/aromatic N) is 1. The maximum atomic E-state index is 3.79. The van der Waals surface area contributed by atoms with Crippen molar-refractivity contribution in [3.05, 3.63) is 0 Å². The molecular weight excluding hydrogens is 220 g/mol. The smallest absolute Gasteiger partial charge is 0.0189 e. The van der Waals surface area contributed by atoms with Crippen LogP contribution in [-0.4, -0.2) is 37.1 Å². The second-order valence-electron chi connectivity index (χ2n) is 6.68. The topological polar surface area (TPSA) is 15.3 Å². The molecule has 0 amide bonds. The fourth-order valence-electron chi connectivity index (χ4n) is 3.58. The van der Waals surface area contributed by atoms with Gasteiger partial charge in [-0.25, -0.2) is 0 Å². The van der Waals surface area contributed by atoms with E-state index in [0.29, 0.717) is 6.04 Å². The van der Waals surface area contributed by atoms with E-state index in [9.17, 15) is 0 Å². The first kappa shape index (κ1) is 14.3. The Morgan fingerprint density at radius 3 is 2.28 bits per heavy atom. The Labute approximate surface area is 114 Å². The van der Waals surface area contributed by atoms with Crippen molar-refractivity contribution in [2.75, 3.05) is 20.1 Å². The molecule has 2 aliphatic rings. The van der Waals surface area contributed by atoms with Crippen LogP contribution in [0.1, 0.15) is 64.7 Å². The Balaban J connectivity index is 1.61. The normalized spacial score (nSPS) is 24.8. The predicted octanol–water partition coefficient (Wildman–Crippen LogP) is 3.42. The third kappa shape index (κ3) is 4.55. The van der Waals surface area contributed by atoms with Crippen molar-refractivity contribution in [2.45, 2.75) is 76.8 Å². The molecule has 0 aromatic rings. The number of hydrogen-bond acceptors (Lipinski definition) is 2. The highest BCUT2D eigenvalue weighted by Gasteiger charge is 2.20. The molecule has 0 aliphatic heterocycles. The summed E-state index contributed by atoms with van der Waals surface area (Å²) in [5.41, 5.74) is 0.